The molecule has 2 atom stereocenters. The molecule has 7 heteroatoms. The molecular formula is C33H42N2O5. The van der Waals surface area contributed by atoms with Crippen LogP contribution in [-0.4, -0.2) is 70.0 Å². The van der Waals surface area contributed by atoms with Crippen LogP contribution in [-0.2, 0) is 4.74 Å². The van der Waals surface area contributed by atoms with Crippen LogP contribution in [0.5, 0.6) is 17.2 Å². The van der Waals surface area contributed by atoms with Gasteiger partial charge in [-0.1, -0.05) is 42.5 Å². The van der Waals surface area contributed by atoms with Crippen LogP contribution in [0.4, 0.5) is 0 Å². The third kappa shape index (κ3) is 7.77. The third-order valence-electron chi connectivity index (χ3n) is 7.19. The Balaban J connectivity index is 1.41. The van der Waals surface area contributed by atoms with Crippen molar-refractivity contribution in [2.24, 2.45) is 5.92 Å². The number of piperidine rings is 1. The van der Waals surface area contributed by atoms with Crippen LogP contribution in [0.25, 0.3) is 11.1 Å². The van der Waals surface area contributed by atoms with Gasteiger partial charge in [-0.15, -0.1) is 0 Å². The van der Waals surface area contributed by atoms with E-state index in [1.165, 1.54) is 5.56 Å². The molecule has 1 N–H and O–H groups in total. The zero-order valence-corrected chi connectivity index (χ0v) is 24.1. The van der Waals surface area contributed by atoms with Gasteiger partial charge in [0.2, 0.25) is 0 Å². The Kier molecular flexibility index (Phi) is 10.8. The van der Waals surface area contributed by atoms with Gasteiger partial charge >= 0.3 is 0 Å². The van der Waals surface area contributed by atoms with Crippen molar-refractivity contribution in [2.75, 3.05) is 47.1 Å². The number of hydrogen-bond donors (Lipinski definition) is 1. The fourth-order valence-electron chi connectivity index (χ4n) is 5.23. The van der Waals surface area contributed by atoms with E-state index in [4.69, 9.17) is 18.9 Å². The van der Waals surface area contributed by atoms with Crippen molar-refractivity contribution in [1.29, 1.82) is 0 Å². The lowest BCUT2D eigenvalue weighted by atomic mass is 9.94. The summed E-state index contributed by atoms with van der Waals surface area (Å²) in [5, 5.41) is 3.54. The van der Waals surface area contributed by atoms with E-state index in [1.54, 1.807) is 26.4 Å². The minimum absolute atomic E-state index is 0.0108. The van der Waals surface area contributed by atoms with Crippen LogP contribution >= 0.6 is 0 Å². The number of rotatable bonds is 13. The summed E-state index contributed by atoms with van der Waals surface area (Å²) in [5.41, 5.74) is 2.89. The first kappa shape index (κ1) is 29.4. The van der Waals surface area contributed by atoms with Gasteiger partial charge in [0.25, 0.3) is 5.91 Å². The first-order chi connectivity index (χ1) is 19.5. The molecule has 0 bridgehead atoms. The smallest absolute Gasteiger partial charge is 0.254 e. The Labute approximate surface area is 238 Å². The number of methoxy groups -OCH3 is 2. The molecule has 7 nitrogen and oxygen atoms in total. The van der Waals surface area contributed by atoms with Crippen molar-refractivity contribution in [3.8, 4) is 28.4 Å². The number of carbonyl (C=O) groups excluding carboxylic acids is 1. The van der Waals surface area contributed by atoms with Crippen LogP contribution in [0, 0.1) is 5.92 Å². The molecule has 0 aliphatic carbocycles. The number of nitrogens with one attached hydrogen (secondary N) is 1. The van der Waals surface area contributed by atoms with E-state index in [9.17, 15) is 4.79 Å². The molecule has 1 saturated heterocycles. The van der Waals surface area contributed by atoms with E-state index in [0.29, 0.717) is 36.9 Å². The summed E-state index contributed by atoms with van der Waals surface area (Å²) in [4.78, 5) is 15.8. The molecule has 214 valence electrons. The fraction of sp³-hybridized carbons (Fsp3) is 0.424. The molecule has 2 unspecified atom stereocenters. The molecule has 1 fully saturated rings. The van der Waals surface area contributed by atoms with Crippen molar-refractivity contribution in [2.45, 2.75) is 38.8 Å². The lowest BCUT2D eigenvalue weighted by molar-refractivity contribution is 0.0509. The molecule has 0 aromatic heterocycles. The number of ether oxygens (including phenoxy) is 4. The summed E-state index contributed by atoms with van der Waals surface area (Å²) in [6.45, 7) is 7.43. The predicted molar refractivity (Wildman–Crippen MR) is 158 cm³/mol. The summed E-state index contributed by atoms with van der Waals surface area (Å²) < 4.78 is 22.8. The molecule has 3 aromatic carbocycles. The number of benzene rings is 3. The van der Waals surface area contributed by atoms with Crippen LogP contribution in [0.1, 0.15) is 37.0 Å². The normalized spacial score (nSPS) is 16.9. The topological polar surface area (TPSA) is 69.3 Å². The summed E-state index contributed by atoms with van der Waals surface area (Å²) in [5.74, 6) is 2.31. The van der Waals surface area contributed by atoms with Gasteiger partial charge < -0.3 is 29.2 Å². The summed E-state index contributed by atoms with van der Waals surface area (Å²) in [6.07, 6.45) is 1.62. The van der Waals surface area contributed by atoms with Gasteiger partial charge in [0.1, 0.15) is 5.75 Å². The summed E-state index contributed by atoms with van der Waals surface area (Å²) in [6, 6.07) is 24.0. The van der Waals surface area contributed by atoms with Gasteiger partial charge in [0.15, 0.2) is 11.5 Å². The third-order valence-corrected chi connectivity index (χ3v) is 7.19. The standard InChI is InChI=1S/C33H42N2O5/c1-24(2)35(33(36)28-14-15-31(38-4)32(20-28)39-17-9-16-37-3)29-18-25(21-34-22-29)23-40-30-13-8-12-27(19-30)26-10-6-5-7-11-26/h5-8,10-15,19-20,24-25,29,34H,9,16-18,21-23H2,1-4H3. The highest BCUT2D eigenvalue weighted by atomic mass is 16.5. The van der Waals surface area contributed by atoms with E-state index in [-0.39, 0.29) is 23.9 Å². The van der Waals surface area contributed by atoms with Gasteiger partial charge in [-0.3, -0.25) is 4.79 Å². The predicted octanol–water partition coefficient (Wildman–Crippen LogP) is 5.69. The number of hydrogen-bond acceptors (Lipinski definition) is 6. The Morgan fingerprint density at radius 1 is 0.900 bits per heavy atom. The SMILES string of the molecule is COCCCOc1cc(C(=O)N(C(C)C)C2CNCC(COc3cccc(-c4ccccc4)c3)C2)ccc1OC. The van der Waals surface area contributed by atoms with Gasteiger partial charge in [-0.2, -0.15) is 0 Å². The minimum Gasteiger partial charge on any atom is -0.493 e. The number of nitrogens with zero attached hydrogens (tertiary/aromatic N) is 1. The lowest BCUT2D eigenvalue weighted by Crippen LogP contribution is -2.54. The summed E-state index contributed by atoms with van der Waals surface area (Å²) >= 11 is 0. The van der Waals surface area contributed by atoms with Gasteiger partial charge in [-0.05, 0) is 61.7 Å². The quantitative estimate of drug-likeness (QED) is 0.278. The molecule has 0 spiro atoms. The van der Waals surface area contributed by atoms with E-state index in [2.05, 4.69) is 43.4 Å². The van der Waals surface area contributed by atoms with Crippen LogP contribution in [0.2, 0.25) is 0 Å². The second kappa shape index (κ2) is 14.7. The monoisotopic (exact) mass is 546 g/mol. The summed E-state index contributed by atoms with van der Waals surface area (Å²) in [7, 11) is 3.27. The minimum atomic E-state index is -0.0108. The maximum atomic E-state index is 13.8. The first-order valence-corrected chi connectivity index (χ1v) is 14.1. The molecular weight excluding hydrogens is 504 g/mol. The maximum absolute atomic E-state index is 13.8. The zero-order valence-electron chi connectivity index (χ0n) is 24.1. The van der Waals surface area contributed by atoms with Crippen molar-refractivity contribution in [1.82, 2.24) is 10.2 Å². The van der Waals surface area contributed by atoms with Crippen molar-refractivity contribution >= 4 is 5.91 Å². The number of amides is 1. The van der Waals surface area contributed by atoms with Crippen molar-refractivity contribution in [3.63, 3.8) is 0 Å². The molecule has 3 aromatic rings. The average Bonchev–Trinajstić information content (AvgIpc) is 2.99. The molecule has 1 heterocycles. The Bertz CT molecular complexity index is 1220. The van der Waals surface area contributed by atoms with E-state index < -0.39 is 0 Å². The van der Waals surface area contributed by atoms with E-state index in [0.717, 1.165) is 37.2 Å². The Morgan fingerprint density at radius 2 is 1.70 bits per heavy atom. The second-order valence-electron chi connectivity index (χ2n) is 10.5. The molecule has 1 aliphatic heterocycles. The van der Waals surface area contributed by atoms with Crippen molar-refractivity contribution in [3.05, 3.63) is 78.4 Å². The van der Waals surface area contributed by atoms with Gasteiger partial charge in [0, 0.05) is 56.8 Å². The molecule has 40 heavy (non-hydrogen) atoms. The molecule has 1 amide bonds. The molecule has 1 aliphatic rings. The maximum Gasteiger partial charge on any atom is 0.254 e. The van der Waals surface area contributed by atoms with E-state index in [1.807, 2.05) is 41.3 Å². The highest BCUT2D eigenvalue weighted by Crippen LogP contribution is 2.30. The lowest BCUT2D eigenvalue weighted by Gasteiger charge is -2.40. The largest absolute Gasteiger partial charge is 0.493 e. The molecule has 0 saturated carbocycles. The molecule has 4 rings (SSSR count). The highest BCUT2D eigenvalue weighted by Gasteiger charge is 2.32. The highest BCUT2D eigenvalue weighted by molar-refractivity contribution is 5.95. The van der Waals surface area contributed by atoms with Crippen molar-refractivity contribution < 1.29 is 23.7 Å². The van der Waals surface area contributed by atoms with Crippen LogP contribution < -0.4 is 19.5 Å². The molecule has 0 radical (unpaired) electrons. The van der Waals surface area contributed by atoms with Crippen LogP contribution in [0.15, 0.2) is 72.8 Å². The second-order valence-corrected chi connectivity index (χ2v) is 10.5. The van der Waals surface area contributed by atoms with E-state index >= 15 is 0 Å². The van der Waals surface area contributed by atoms with Gasteiger partial charge in [-0.25, -0.2) is 0 Å². The van der Waals surface area contributed by atoms with Gasteiger partial charge in [0.05, 0.1) is 20.3 Å². The Morgan fingerprint density at radius 3 is 2.45 bits per heavy atom. The first-order valence-electron chi connectivity index (χ1n) is 14.1. The fourth-order valence-corrected chi connectivity index (χ4v) is 5.23. The number of carbonyl (C=O) groups is 1. The Hall–Kier alpha value is -3.55. The zero-order chi connectivity index (χ0) is 28.3. The van der Waals surface area contributed by atoms with Crippen LogP contribution in [0.3, 0.4) is 0 Å². The average molecular weight is 547 g/mol.